The lowest BCUT2D eigenvalue weighted by molar-refractivity contribution is 0.0945. The number of carbonyl (C=O) groups excluding carboxylic acids is 1. The van der Waals surface area contributed by atoms with Crippen LogP contribution in [-0.2, 0) is 20.0 Å². The van der Waals surface area contributed by atoms with Crippen molar-refractivity contribution in [3.05, 3.63) is 59.2 Å². The topological polar surface area (TPSA) is 113 Å². The van der Waals surface area contributed by atoms with Gasteiger partial charge >= 0.3 is 0 Å². The molecule has 0 spiro atoms. The molecule has 146 valence electrons. The fraction of sp³-hybridized carbons (Fsp3) is 0.235. The van der Waals surface area contributed by atoms with E-state index >= 15 is 0 Å². The number of aryl methyl sites for hydroxylation is 2. The van der Waals surface area contributed by atoms with E-state index in [-0.39, 0.29) is 15.4 Å². The van der Waals surface area contributed by atoms with Crippen molar-refractivity contribution in [1.82, 2.24) is 14.6 Å². The molecule has 27 heavy (non-hydrogen) atoms. The average Bonchev–Trinajstić information content (AvgIpc) is 2.61. The standard InChI is InChI=1S/C17H21N3O5S2/c1-12-8-9-13(2)16(10-12)26(22,23)19-18-17(21)14-6-5-7-15(11-14)27(24,25)20(3)4/h5-11,19H,1-4H3,(H,18,21). The van der Waals surface area contributed by atoms with Crippen molar-refractivity contribution < 1.29 is 21.6 Å². The van der Waals surface area contributed by atoms with Crippen molar-refractivity contribution in [3.63, 3.8) is 0 Å². The van der Waals surface area contributed by atoms with Gasteiger partial charge in [0.25, 0.3) is 15.9 Å². The molecule has 0 aliphatic carbocycles. The molecule has 0 aromatic heterocycles. The van der Waals surface area contributed by atoms with Gasteiger partial charge in [-0.15, -0.1) is 4.83 Å². The molecule has 0 heterocycles. The van der Waals surface area contributed by atoms with Gasteiger partial charge in [0.15, 0.2) is 0 Å². The quantitative estimate of drug-likeness (QED) is 0.693. The van der Waals surface area contributed by atoms with Gasteiger partial charge in [-0.3, -0.25) is 10.2 Å². The molecule has 0 aliphatic rings. The molecule has 0 aliphatic heterocycles. The van der Waals surface area contributed by atoms with E-state index in [0.717, 1.165) is 9.87 Å². The Bertz CT molecular complexity index is 1080. The number of hydrogen-bond acceptors (Lipinski definition) is 5. The summed E-state index contributed by atoms with van der Waals surface area (Å²) in [5, 5.41) is 0. The summed E-state index contributed by atoms with van der Waals surface area (Å²) in [6.07, 6.45) is 0. The first-order valence-electron chi connectivity index (χ1n) is 7.87. The molecular weight excluding hydrogens is 390 g/mol. The van der Waals surface area contributed by atoms with Crippen LogP contribution in [0.4, 0.5) is 0 Å². The first-order chi connectivity index (χ1) is 12.4. The number of carbonyl (C=O) groups is 1. The number of sulfonamides is 2. The van der Waals surface area contributed by atoms with Crippen LogP contribution in [0.2, 0.25) is 0 Å². The van der Waals surface area contributed by atoms with Crippen molar-refractivity contribution >= 4 is 26.0 Å². The normalized spacial score (nSPS) is 12.2. The summed E-state index contributed by atoms with van der Waals surface area (Å²) < 4.78 is 50.2. The van der Waals surface area contributed by atoms with Crippen molar-refractivity contribution in [1.29, 1.82) is 0 Å². The molecule has 0 unspecified atom stereocenters. The number of hydrazine groups is 1. The van der Waals surface area contributed by atoms with Crippen molar-refractivity contribution in [2.45, 2.75) is 23.6 Å². The highest BCUT2D eigenvalue weighted by Gasteiger charge is 2.21. The maximum Gasteiger partial charge on any atom is 0.266 e. The molecule has 0 bridgehead atoms. The lowest BCUT2D eigenvalue weighted by Gasteiger charge is -2.13. The van der Waals surface area contributed by atoms with Gasteiger partial charge in [0, 0.05) is 19.7 Å². The van der Waals surface area contributed by atoms with Gasteiger partial charge in [-0.05, 0) is 49.2 Å². The van der Waals surface area contributed by atoms with Gasteiger partial charge in [0.1, 0.15) is 0 Å². The summed E-state index contributed by atoms with van der Waals surface area (Å²) in [6.45, 7) is 3.40. The van der Waals surface area contributed by atoms with Crippen molar-refractivity contribution in [2.24, 2.45) is 0 Å². The van der Waals surface area contributed by atoms with E-state index in [4.69, 9.17) is 0 Å². The Balaban J connectivity index is 2.22. The molecule has 10 heteroatoms. The van der Waals surface area contributed by atoms with Crippen LogP contribution in [0.5, 0.6) is 0 Å². The molecule has 0 fully saturated rings. The average molecular weight is 412 g/mol. The fourth-order valence-electron chi connectivity index (χ4n) is 2.25. The molecule has 1 amide bonds. The monoisotopic (exact) mass is 411 g/mol. The van der Waals surface area contributed by atoms with E-state index in [9.17, 15) is 21.6 Å². The van der Waals surface area contributed by atoms with Crippen LogP contribution in [0, 0.1) is 13.8 Å². The predicted octanol–water partition coefficient (Wildman–Crippen LogP) is 1.18. The molecular formula is C17H21N3O5S2. The zero-order valence-corrected chi connectivity index (χ0v) is 17.0. The van der Waals surface area contributed by atoms with Crippen LogP contribution in [0.25, 0.3) is 0 Å². The van der Waals surface area contributed by atoms with Crippen LogP contribution in [-0.4, -0.2) is 41.1 Å². The molecule has 2 rings (SSSR count). The smallest absolute Gasteiger partial charge is 0.266 e. The van der Waals surface area contributed by atoms with E-state index in [1.807, 2.05) is 4.83 Å². The van der Waals surface area contributed by atoms with Crippen LogP contribution in [0.1, 0.15) is 21.5 Å². The number of hydrogen-bond donors (Lipinski definition) is 2. The SMILES string of the molecule is Cc1ccc(C)c(S(=O)(=O)NNC(=O)c2cccc(S(=O)(=O)N(C)C)c2)c1. The second-order valence-electron chi connectivity index (χ2n) is 6.14. The second kappa shape index (κ2) is 7.77. The summed E-state index contributed by atoms with van der Waals surface area (Å²) in [5.74, 6) is -0.778. The van der Waals surface area contributed by atoms with Crippen molar-refractivity contribution in [3.8, 4) is 0 Å². The molecule has 0 atom stereocenters. The van der Waals surface area contributed by atoms with Crippen LogP contribution in [0.3, 0.4) is 0 Å². The third-order valence-corrected chi connectivity index (χ3v) is 7.01. The number of benzene rings is 2. The Hall–Kier alpha value is -2.27. The Kier molecular flexibility index (Phi) is 6.05. The predicted molar refractivity (Wildman–Crippen MR) is 101 cm³/mol. The minimum Gasteiger partial charge on any atom is -0.273 e. The number of rotatable bonds is 6. The van der Waals surface area contributed by atoms with Crippen LogP contribution >= 0.6 is 0 Å². The van der Waals surface area contributed by atoms with E-state index in [0.29, 0.717) is 5.56 Å². The van der Waals surface area contributed by atoms with Gasteiger partial charge in [0.05, 0.1) is 9.79 Å². The Morgan fingerprint density at radius 2 is 1.63 bits per heavy atom. The zero-order valence-electron chi connectivity index (χ0n) is 15.3. The number of nitrogens with one attached hydrogen (secondary N) is 2. The van der Waals surface area contributed by atoms with Gasteiger partial charge in [-0.2, -0.15) is 0 Å². The van der Waals surface area contributed by atoms with Crippen molar-refractivity contribution in [2.75, 3.05) is 14.1 Å². The first kappa shape index (κ1) is 21.0. The molecule has 8 nitrogen and oxygen atoms in total. The fourth-order valence-corrected chi connectivity index (χ4v) is 4.36. The maximum atomic E-state index is 12.4. The van der Waals surface area contributed by atoms with E-state index in [2.05, 4.69) is 5.43 Å². The first-order valence-corrected chi connectivity index (χ1v) is 10.8. The summed E-state index contributed by atoms with van der Waals surface area (Å²) in [7, 11) is -4.94. The summed E-state index contributed by atoms with van der Waals surface area (Å²) in [6, 6.07) is 10.3. The van der Waals surface area contributed by atoms with Gasteiger partial charge in [-0.25, -0.2) is 21.1 Å². The minimum absolute atomic E-state index is 0.00147. The molecule has 0 saturated heterocycles. The lowest BCUT2D eigenvalue weighted by Crippen LogP contribution is -2.41. The third-order valence-electron chi connectivity index (χ3n) is 3.81. The van der Waals surface area contributed by atoms with Gasteiger partial charge in [0.2, 0.25) is 10.0 Å². The molecule has 0 saturated carbocycles. The van der Waals surface area contributed by atoms with Crippen LogP contribution in [0.15, 0.2) is 52.3 Å². The minimum atomic E-state index is -3.98. The Morgan fingerprint density at radius 3 is 2.26 bits per heavy atom. The van der Waals surface area contributed by atoms with Gasteiger partial charge in [-0.1, -0.05) is 18.2 Å². The largest absolute Gasteiger partial charge is 0.273 e. The number of amides is 1. The lowest BCUT2D eigenvalue weighted by atomic mass is 10.2. The molecule has 2 N–H and O–H groups in total. The Morgan fingerprint density at radius 1 is 0.963 bits per heavy atom. The summed E-state index contributed by atoms with van der Waals surface area (Å²) in [5.41, 5.74) is 3.40. The molecule has 2 aromatic carbocycles. The third kappa shape index (κ3) is 4.72. The van der Waals surface area contributed by atoms with E-state index in [1.165, 1.54) is 44.4 Å². The number of nitrogens with zero attached hydrogens (tertiary/aromatic N) is 1. The summed E-state index contributed by atoms with van der Waals surface area (Å²) >= 11 is 0. The highest BCUT2D eigenvalue weighted by molar-refractivity contribution is 7.89. The van der Waals surface area contributed by atoms with Gasteiger partial charge < -0.3 is 0 Å². The Labute approximate surface area is 159 Å². The zero-order chi connectivity index (χ0) is 20.4. The van der Waals surface area contributed by atoms with E-state index in [1.54, 1.807) is 26.0 Å². The van der Waals surface area contributed by atoms with Crippen LogP contribution < -0.4 is 10.3 Å². The second-order valence-corrected chi connectivity index (χ2v) is 9.95. The highest BCUT2D eigenvalue weighted by atomic mass is 32.2. The summed E-state index contributed by atoms with van der Waals surface area (Å²) in [4.78, 5) is 14.3. The highest BCUT2D eigenvalue weighted by Crippen LogP contribution is 2.17. The molecule has 2 aromatic rings. The van der Waals surface area contributed by atoms with E-state index < -0.39 is 26.0 Å². The molecule has 0 radical (unpaired) electrons. The maximum absolute atomic E-state index is 12.4.